The Morgan fingerprint density at radius 1 is 1.24 bits per heavy atom. The molecule has 0 spiro atoms. The van der Waals surface area contributed by atoms with Gasteiger partial charge in [-0.05, 0) is 62.3 Å². The number of rotatable bonds is 5. The maximum atomic E-state index is 12.3. The van der Waals surface area contributed by atoms with Crippen LogP contribution in [0.5, 0.6) is 0 Å². The molecular formula is C18H28N2O. The second-order valence-electron chi connectivity index (χ2n) is 6.26. The first kappa shape index (κ1) is 15.9. The van der Waals surface area contributed by atoms with E-state index in [-0.39, 0.29) is 5.91 Å². The van der Waals surface area contributed by atoms with Gasteiger partial charge >= 0.3 is 0 Å². The Bertz CT molecular complexity index is 476. The molecule has 1 amide bonds. The van der Waals surface area contributed by atoms with E-state index in [1.165, 1.54) is 25.7 Å². The molecule has 0 heterocycles. The molecule has 2 N–H and O–H groups in total. The first-order chi connectivity index (χ1) is 10.1. The molecule has 0 atom stereocenters. The van der Waals surface area contributed by atoms with Crippen LogP contribution in [0.1, 0.15) is 61.4 Å². The highest BCUT2D eigenvalue weighted by Gasteiger charge is 2.22. The standard InChI is InChI=1S/C18H28N2O/c1-4-5-14-6-9-16(10-7-14)20-18(21)15-8-11-17(19-3)13(2)12-15/h8,11-12,14,16,19H,4-7,9-10H2,1-3H3,(H,20,21). The number of nitrogens with one attached hydrogen (secondary N) is 2. The number of benzene rings is 1. The van der Waals surface area contributed by atoms with Crippen LogP contribution in [-0.4, -0.2) is 19.0 Å². The summed E-state index contributed by atoms with van der Waals surface area (Å²) in [6.07, 6.45) is 7.39. The Morgan fingerprint density at radius 3 is 2.52 bits per heavy atom. The van der Waals surface area contributed by atoms with E-state index in [4.69, 9.17) is 0 Å². The minimum Gasteiger partial charge on any atom is -0.388 e. The minimum absolute atomic E-state index is 0.0692. The van der Waals surface area contributed by atoms with Gasteiger partial charge in [0.2, 0.25) is 0 Å². The normalized spacial score (nSPS) is 21.9. The molecule has 0 aliphatic heterocycles. The molecule has 0 saturated heterocycles. The summed E-state index contributed by atoms with van der Waals surface area (Å²) in [7, 11) is 1.90. The van der Waals surface area contributed by atoms with Crippen molar-refractivity contribution in [2.45, 2.75) is 58.4 Å². The molecule has 0 radical (unpaired) electrons. The van der Waals surface area contributed by atoms with E-state index in [9.17, 15) is 4.79 Å². The molecule has 2 rings (SSSR count). The van der Waals surface area contributed by atoms with Crippen molar-refractivity contribution in [2.24, 2.45) is 5.92 Å². The lowest BCUT2D eigenvalue weighted by Gasteiger charge is -2.29. The molecular weight excluding hydrogens is 260 g/mol. The molecule has 1 aliphatic carbocycles. The van der Waals surface area contributed by atoms with Crippen molar-refractivity contribution in [2.75, 3.05) is 12.4 Å². The maximum Gasteiger partial charge on any atom is 0.251 e. The summed E-state index contributed by atoms with van der Waals surface area (Å²) < 4.78 is 0. The molecule has 0 aromatic heterocycles. The fourth-order valence-corrected chi connectivity index (χ4v) is 3.36. The quantitative estimate of drug-likeness (QED) is 0.855. The van der Waals surface area contributed by atoms with Gasteiger partial charge in [-0.2, -0.15) is 0 Å². The van der Waals surface area contributed by atoms with E-state index >= 15 is 0 Å². The van der Waals surface area contributed by atoms with Crippen molar-refractivity contribution in [3.05, 3.63) is 29.3 Å². The monoisotopic (exact) mass is 288 g/mol. The van der Waals surface area contributed by atoms with E-state index in [0.29, 0.717) is 6.04 Å². The lowest BCUT2D eigenvalue weighted by Crippen LogP contribution is -2.37. The summed E-state index contributed by atoms with van der Waals surface area (Å²) in [6, 6.07) is 6.19. The number of aryl methyl sites for hydroxylation is 1. The van der Waals surface area contributed by atoms with Gasteiger partial charge in [0.25, 0.3) is 5.91 Å². The van der Waals surface area contributed by atoms with E-state index in [2.05, 4.69) is 17.6 Å². The Balaban J connectivity index is 1.89. The van der Waals surface area contributed by atoms with E-state index in [1.54, 1.807) is 0 Å². The van der Waals surface area contributed by atoms with Gasteiger partial charge in [-0.15, -0.1) is 0 Å². The van der Waals surface area contributed by atoms with Crippen LogP contribution in [0.2, 0.25) is 0 Å². The van der Waals surface area contributed by atoms with Crippen LogP contribution < -0.4 is 10.6 Å². The Kier molecular flexibility index (Phi) is 5.66. The minimum atomic E-state index is 0.0692. The summed E-state index contributed by atoms with van der Waals surface area (Å²) in [5.74, 6) is 0.944. The van der Waals surface area contributed by atoms with E-state index < -0.39 is 0 Å². The summed E-state index contributed by atoms with van der Waals surface area (Å²) in [6.45, 7) is 4.28. The van der Waals surface area contributed by atoms with Gasteiger partial charge in [-0.25, -0.2) is 0 Å². The van der Waals surface area contributed by atoms with Gasteiger partial charge in [0.1, 0.15) is 0 Å². The van der Waals surface area contributed by atoms with Crippen LogP contribution in [0.25, 0.3) is 0 Å². The summed E-state index contributed by atoms with van der Waals surface area (Å²) in [5, 5.41) is 6.33. The highest BCUT2D eigenvalue weighted by molar-refractivity contribution is 5.95. The van der Waals surface area contributed by atoms with Gasteiger partial charge in [0, 0.05) is 24.3 Å². The van der Waals surface area contributed by atoms with Crippen molar-refractivity contribution in [3.63, 3.8) is 0 Å². The third-order valence-corrected chi connectivity index (χ3v) is 4.64. The summed E-state index contributed by atoms with van der Waals surface area (Å²) in [4.78, 5) is 12.3. The van der Waals surface area contributed by atoms with Gasteiger partial charge in [-0.1, -0.05) is 19.8 Å². The second-order valence-corrected chi connectivity index (χ2v) is 6.26. The van der Waals surface area contributed by atoms with Gasteiger partial charge in [0.05, 0.1) is 0 Å². The average molecular weight is 288 g/mol. The fraction of sp³-hybridized carbons (Fsp3) is 0.611. The van der Waals surface area contributed by atoms with Crippen LogP contribution in [0.3, 0.4) is 0 Å². The number of amides is 1. The fourth-order valence-electron chi connectivity index (χ4n) is 3.36. The Morgan fingerprint density at radius 2 is 1.95 bits per heavy atom. The number of hydrogen-bond acceptors (Lipinski definition) is 2. The van der Waals surface area contributed by atoms with Crippen molar-refractivity contribution < 1.29 is 4.79 Å². The predicted octanol–water partition coefficient (Wildman–Crippen LogP) is 4.13. The van der Waals surface area contributed by atoms with Crippen molar-refractivity contribution in [1.29, 1.82) is 0 Å². The summed E-state index contributed by atoms with van der Waals surface area (Å²) in [5.41, 5.74) is 2.95. The second kappa shape index (κ2) is 7.48. The highest BCUT2D eigenvalue weighted by atomic mass is 16.1. The highest BCUT2D eigenvalue weighted by Crippen LogP contribution is 2.28. The molecule has 116 valence electrons. The molecule has 1 aromatic rings. The zero-order chi connectivity index (χ0) is 15.2. The van der Waals surface area contributed by atoms with Crippen molar-refractivity contribution in [3.8, 4) is 0 Å². The van der Waals surface area contributed by atoms with Crippen LogP contribution in [0.15, 0.2) is 18.2 Å². The first-order valence-electron chi connectivity index (χ1n) is 8.23. The van der Waals surface area contributed by atoms with Crippen LogP contribution in [0, 0.1) is 12.8 Å². The maximum absolute atomic E-state index is 12.3. The van der Waals surface area contributed by atoms with Crippen LogP contribution >= 0.6 is 0 Å². The lowest BCUT2D eigenvalue weighted by atomic mass is 9.83. The zero-order valence-corrected chi connectivity index (χ0v) is 13.5. The lowest BCUT2D eigenvalue weighted by molar-refractivity contribution is 0.0921. The third-order valence-electron chi connectivity index (χ3n) is 4.64. The molecule has 3 nitrogen and oxygen atoms in total. The number of carbonyl (C=O) groups is 1. The number of hydrogen-bond donors (Lipinski definition) is 2. The molecule has 0 bridgehead atoms. The van der Waals surface area contributed by atoms with Gasteiger partial charge in [-0.3, -0.25) is 4.79 Å². The van der Waals surface area contributed by atoms with Crippen molar-refractivity contribution in [1.82, 2.24) is 5.32 Å². The molecule has 21 heavy (non-hydrogen) atoms. The predicted molar refractivity (Wildman–Crippen MR) is 88.8 cm³/mol. The van der Waals surface area contributed by atoms with Crippen LogP contribution in [0.4, 0.5) is 5.69 Å². The number of anilines is 1. The SMILES string of the molecule is CCCC1CCC(NC(=O)c2ccc(NC)c(C)c2)CC1. The molecule has 3 heteroatoms. The largest absolute Gasteiger partial charge is 0.388 e. The van der Waals surface area contributed by atoms with Gasteiger partial charge in [0.15, 0.2) is 0 Å². The van der Waals surface area contributed by atoms with Gasteiger partial charge < -0.3 is 10.6 Å². The Labute approximate surface area is 128 Å². The van der Waals surface area contributed by atoms with Crippen molar-refractivity contribution >= 4 is 11.6 Å². The molecule has 1 aliphatic rings. The smallest absolute Gasteiger partial charge is 0.251 e. The van der Waals surface area contributed by atoms with Crippen LogP contribution in [-0.2, 0) is 0 Å². The average Bonchev–Trinajstić information content (AvgIpc) is 2.49. The molecule has 0 unspecified atom stereocenters. The molecule has 1 fully saturated rings. The van der Waals surface area contributed by atoms with E-state index in [0.717, 1.165) is 35.6 Å². The Hall–Kier alpha value is -1.51. The zero-order valence-electron chi connectivity index (χ0n) is 13.5. The summed E-state index contributed by atoms with van der Waals surface area (Å²) >= 11 is 0. The van der Waals surface area contributed by atoms with E-state index in [1.807, 2.05) is 32.2 Å². The molecule has 1 saturated carbocycles. The first-order valence-corrected chi connectivity index (χ1v) is 8.23. The topological polar surface area (TPSA) is 41.1 Å². The number of carbonyl (C=O) groups excluding carboxylic acids is 1. The third kappa shape index (κ3) is 4.23. The molecule has 1 aromatic carbocycles.